The molecule has 1 fully saturated rings. The molecule has 1 aliphatic heterocycles. The third kappa shape index (κ3) is 3.65. The smallest absolute Gasteiger partial charge is 0.313 e. The Labute approximate surface area is 128 Å². The Balaban J connectivity index is 2.12. The lowest BCUT2D eigenvalue weighted by atomic mass is 9.92. The minimum absolute atomic E-state index is 0.0730. The van der Waals surface area contributed by atoms with Gasteiger partial charge < -0.3 is 14.7 Å². The van der Waals surface area contributed by atoms with E-state index in [0.29, 0.717) is 24.7 Å². The Bertz CT molecular complexity index is 531. The summed E-state index contributed by atoms with van der Waals surface area (Å²) in [6.45, 7) is 1.61. The van der Waals surface area contributed by atoms with Crippen molar-refractivity contribution in [2.75, 3.05) is 31.7 Å². The van der Waals surface area contributed by atoms with Crippen molar-refractivity contribution >= 4 is 11.4 Å². The number of nitro benzene ring substituents is 1. The van der Waals surface area contributed by atoms with Crippen molar-refractivity contribution in [1.82, 2.24) is 0 Å². The van der Waals surface area contributed by atoms with E-state index in [9.17, 15) is 14.5 Å². The minimum atomic E-state index is -0.646. The summed E-state index contributed by atoms with van der Waals surface area (Å²) in [6.07, 6.45) is 3.64. The van der Waals surface area contributed by atoms with Crippen LogP contribution in [0.1, 0.15) is 25.7 Å². The fraction of sp³-hybridized carbons (Fsp3) is 0.600. The minimum Gasteiger partial charge on any atom is -0.490 e. The van der Waals surface area contributed by atoms with E-state index in [4.69, 9.17) is 9.84 Å². The molecule has 1 heterocycles. The Hall–Kier alpha value is -1.89. The van der Waals surface area contributed by atoms with Crippen molar-refractivity contribution in [3.63, 3.8) is 0 Å². The zero-order valence-electron chi connectivity index (χ0n) is 12.6. The molecular formula is C15H21FN2O4. The Kier molecular flexibility index (Phi) is 5.54. The van der Waals surface area contributed by atoms with Gasteiger partial charge in [-0.05, 0) is 31.6 Å². The summed E-state index contributed by atoms with van der Waals surface area (Å²) in [6, 6.07) is 2.33. The second-order valence-corrected chi connectivity index (χ2v) is 5.53. The van der Waals surface area contributed by atoms with Gasteiger partial charge in [0.25, 0.3) is 0 Å². The van der Waals surface area contributed by atoms with Gasteiger partial charge in [-0.1, -0.05) is 0 Å². The maximum Gasteiger partial charge on any atom is 0.313 e. The van der Waals surface area contributed by atoms with Crippen LogP contribution in [0.2, 0.25) is 0 Å². The van der Waals surface area contributed by atoms with Gasteiger partial charge in [-0.25, -0.2) is 4.39 Å². The monoisotopic (exact) mass is 312 g/mol. The van der Waals surface area contributed by atoms with Gasteiger partial charge in [0.05, 0.1) is 23.8 Å². The average Bonchev–Trinajstić information content (AvgIpc) is 2.53. The first-order chi connectivity index (χ1) is 10.6. The number of nitro groups is 1. The molecule has 22 heavy (non-hydrogen) atoms. The third-order valence-corrected chi connectivity index (χ3v) is 4.17. The number of hydrogen-bond acceptors (Lipinski definition) is 5. The first kappa shape index (κ1) is 16.5. The molecule has 1 aromatic rings. The molecule has 0 bridgehead atoms. The number of anilines is 1. The Morgan fingerprint density at radius 1 is 1.45 bits per heavy atom. The van der Waals surface area contributed by atoms with E-state index in [1.54, 1.807) is 0 Å². The van der Waals surface area contributed by atoms with Crippen LogP contribution in [-0.2, 0) is 0 Å². The molecule has 1 N–H and O–H groups in total. The van der Waals surface area contributed by atoms with E-state index in [1.807, 2.05) is 4.90 Å². The number of ether oxygens (including phenoxy) is 1. The van der Waals surface area contributed by atoms with Gasteiger partial charge >= 0.3 is 5.69 Å². The summed E-state index contributed by atoms with van der Waals surface area (Å²) in [5.74, 6) is 0.0246. The summed E-state index contributed by atoms with van der Waals surface area (Å²) in [5.41, 5.74) is -0.00959. The lowest BCUT2D eigenvalue weighted by Crippen LogP contribution is -2.34. The quantitative estimate of drug-likeness (QED) is 0.645. The molecule has 0 atom stereocenters. The fourth-order valence-corrected chi connectivity index (χ4v) is 2.92. The first-order valence-corrected chi connectivity index (χ1v) is 7.44. The zero-order chi connectivity index (χ0) is 16.1. The first-order valence-electron chi connectivity index (χ1n) is 7.44. The van der Waals surface area contributed by atoms with Crippen molar-refractivity contribution in [3.05, 3.63) is 28.1 Å². The number of piperidine rings is 1. The molecule has 7 heteroatoms. The SMILES string of the molecule is COc1cc(N2CCC(CCCO)CC2)c(F)cc1[N+](=O)[O-]. The molecule has 0 aliphatic carbocycles. The molecule has 0 amide bonds. The van der Waals surface area contributed by atoms with Crippen molar-refractivity contribution in [1.29, 1.82) is 0 Å². The van der Waals surface area contributed by atoms with Crippen LogP contribution in [0.15, 0.2) is 12.1 Å². The van der Waals surface area contributed by atoms with Crippen molar-refractivity contribution in [2.45, 2.75) is 25.7 Å². The number of benzene rings is 1. The number of methoxy groups -OCH3 is 1. The largest absolute Gasteiger partial charge is 0.490 e. The lowest BCUT2D eigenvalue weighted by molar-refractivity contribution is -0.385. The summed E-state index contributed by atoms with van der Waals surface area (Å²) >= 11 is 0. The average molecular weight is 312 g/mol. The van der Waals surface area contributed by atoms with Crippen molar-refractivity contribution in [2.24, 2.45) is 5.92 Å². The second kappa shape index (κ2) is 7.40. The topological polar surface area (TPSA) is 75.8 Å². The molecule has 122 valence electrons. The number of nitrogens with zero attached hydrogens (tertiary/aromatic N) is 2. The lowest BCUT2D eigenvalue weighted by Gasteiger charge is -2.33. The summed E-state index contributed by atoms with van der Waals surface area (Å²) in [5, 5.41) is 19.8. The standard InChI is InChI=1S/C15H21FN2O4/c1-22-15-10-13(12(16)9-14(15)18(20)21)17-6-4-11(5-7-17)3-2-8-19/h9-11,19H,2-8H2,1H3. The van der Waals surface area contributed by atoms with E-state index in [0.717, 1.165) is 31.7 Å². The van der Waals surface area contributed by atoms with Crippen LogP contribution in [0.3, 0.4) is 0 Å². The highest BCUT2D eigenvalue weighted by Crippen LogP contribution is 2.36. The second-order valence-electron chi connectivity index (χ2n) is 5.53. The van der Waals surface area contributed by atoms with Crippen LogP contribution in [0.5, 0.6) is 5.75 Å². The number of aliphatic hydroxyl groups excluding tert-OH is 1. The van der Waals surface area contributed by atoms with Gasteiger partial charge in [-0.2, -0.15) is 0 Å². The summed E-state index contributed by atoms with van der Waals surface area (Å²) in [4.78, 5) is 12.1. The fourth-order valence-electron chi connectivity index (χ4n) is 2.92. The summed E-state index contributed by atoms with van der Waals surface area (Å²) < 4.78 is 19.2. The van der Waals surface area contributed by atoms with Gasteiger partial charge in [-0.3, -0.25) is 10.1 Å². The molecular weight excluding hydrogens is 291 g/mol. The summed E-state index contributed by atoms with van der Waals surface area (Å²) in [7, 11) is 1.34. The van der Waals surface area contributed by atoms with Gasteiger partial charge in [0, 0.05) is 25.8 Å². The maximum atomic E-state index is 14.2. The van der Waals surface area contributed by atoms with Crippen LogP contribution in [0, 0.1) is 21.8 Å². The highest BCUT2D eigenvalue weighted by Gasteiger charge is 2.25. The number of aliphatic hydroxyl groups is 1. The normalized spacial score (nSPS) is 15.9. The Morgan fingerprint density at radius 3 is 2.68 bits per heavy atom. The van der Waals surface area contributed by atoms with Gasteiger partial charge in [0.1, 0.15) is 0 Å². The molecule has 1 saturated heterocycles. The van der Waals surface area contributed by atoms with E-state index < -0.39 is 10.7 Å². The van der Waals surface area contributed by atoms with E-state index in [1.165, 1.54) is 13.2 Å². The number of halogens is 1. The van der Waals surface area contributed by atoms with Crippen LogP contribution >= 0.6 is 0 Å². The van der Waals surface area contributed by atoms with E-state index in [-0.39, 0.29) is 18.0 Å². The van der Waals surface area contributed by atoms with Crippen LogP contribution in [-0.4, -0.2) is 36.8 Å². The molecule has 0 saturated carbocycles. The van der Waals surface area contributed by atoms with E-state index >= 15 is 0 Å². The van der Waals surface area contributed by atoms with Crippen molar-refractivity contribution < 1.29 is 19.2 Å². The van der Waals surface area contributed by atoms with Crippen LogP contribution in [0.25, 0.3) is 0 Å². The molecule has 1 aromatic carbocycles. The van der Waals surface area contributed by atoms with E-state index in [2.05, 4.69) is 0 Å². The molecule has 6 nitrogen and oxygen atoms in total. The molecule has 2 rings (SSSR count). The molecule has 0 unspecified atom stereocenters. The van der Waals surface area contributed by atoms with Crippen LogP contribution < -0.4 is 9.64 Å². The maximum absolute atomic E-state index is 14.2. The third-order valence-electron chi connectivity index (χ3n) is 4.17. The zero-order valence-corrected chi connectivity index (χ0v) is 12.6. The number of hydrogen-bond donors (Lipinski definition) is 1. The van der Waals surface area contributed by atoms with Crippen molar-refractivity contribution in [3.8, 4) is 5.75 Å². The molecule has 0 spiro atoms. The molecule has 0 radical (unpaired) electrons. The van der Waals surface area contributed by atoms with Gasteiger partial charge in [-0.15, -0.1) is 0 Å². The Morgan fingerprint density at radius 2 is 2.14 bits per heavy atom. The molecule has 0 aromatic heterocycles. The van der Waals surface area contributed by atoms with Crippen LogP contribution in [0.4, 0.5) is 15.8 Å². The predicted molar refractivity (Wildman–Crippen MR) is 80.9 cm³/mol. The van der Waals surface area contributed by atoms with Gasteiger partial charge in [0.15, 0.2) is 11.6 Å². The van der Waals surface area contributed by atoms with Gasteiger partial charge in [0.2, 0.25) is 0 Å². The number of rotatable bonds is 6. The highest BCUT2D eigenvalue weighted by molar-refractivity contribution is 5.60. The predicted octanol–water partition coefficient (Wildman–Crippen LogP) is 2.73. The molecule has 1 aliphatic rings. The highest BCUT2D eigenvalue weighted by atomic mass is 19.1.